The molecule has 0 aromatic heterocycles. The van der Waals surface area contributed by atoms with Crippen molar-refractivity contribution < 1.29 is 37.0 Å². The van der Waals surface area contributed by atoms with Gasteiger partial charge in [0.2, 0.25) is 0 Å². The molecule has 0 unspecified atom stereocenters. The van der Waals surface area contributed by atoms with Crippen molar-refractivity contribution in [2.75, 3.05) is 32.5 Å². The lowest BCUT2D eigenvalue weighted by atomic mass is 10.1. The Balaban J connectivity index is 2.71. The van der Waals surface area contributed by atoms with Crippen molar-refractivity contribution in [2.45, 2.75) is 0 Å². The maximum Gasteiger partial charge on any atom is 0.355 e. The van der Waals surface area contributed by atoms with Gasteiger partial charge in [0.15, 0.2) is 17.5 Å². The maximum absolute atomic E-state index is 14.2. The Kier molecular flexibility index (Phi) is 5.50. The summed E-state index contributed by atoms with van der Waals surface area (Å²) in [5, 5.41) is 0. The van der Waals surface area contributed by atoms with Gasteiger partial charge < -0.3 is 19.1 Å². The second-order valence-corrected chi connectivity index (χ2v) is 5.39. The van der Waals surface area contributed by atoms with E-state index in [-0.39, 0.29) is 22.3 Å². The molecule has 1 aliphatic heterocycles. The zero-order chi connectivity index (χ0) is 18.0. The summed E-state index contributed by atoms with van der Waals surface area (Å²) < 4.78 is 55.2. The standard InChI is InChI=1S/C14H11BrF3NO5/c1-22-13(20)6-4-24-5-19(11(6)14(21)23-2)12-7(15)3-8(16)9(17)10(12)18/h3H,4-5H2,1-2H3. The van der Waals surface area contributed by atoms with Crippen LogP contribution < -0.4 is 4.90 Å². The van der Waals surface area contributed by atoms with Crippen LogP contribution in [0.1, 0.15) is 0 Å². The average molecular weight is 410 g/mol. The summed E-state index contributed by atoms with van der Waals surface area (Å²) in [6.07, 6.45) is 0. The molecule has 0 radical (unpaired) electrons. The Morgan fingerprint density at radius 1 is 1.17 bits per heavy atom. The van der Waals surface area contributed by atoms with Crippen LogP contribution in [0.3, 0.4) is 0 Å². The van der Waals surface area contributed by atoms with Gasteiger partial charge in [-0.1, -0.05) is 0 Å². The van der Waals surface area contributed by atoms with Crippen LogP contribution in [-0.2, 0) is 23.8 Å². The first-order valence-corrected chi connectivity index (χ1v) is 7.20. The molecule has 0 saturated heterocycles. The first-order valence-electron chi connectivity index (χ1n) is 6.41. The van der Waals surface area contributed by atoms with E-state index < -0.39 is 41.8 Å². The highest BCUT2D eigenvalue weighted by atomic mass is 79.9. The van der Waals surface area contributed by atoms with Crippen LogP contribution in [0.15, 0.2) is 21.8 Å². The van der Waals surface area contributed by atoms with Crippen LogP contribution in [0.2, 0.25) is 0 Å². The minimum absolute atomic E-state index is 0.185. The van der Waals surface area contributed by atoms with Gasteiger partial charge in [-0.25, -0.2) is 22.8 Å². The molecule has 24 heavy (non-hydrogen) atoms. The van der Waals surface area contributed by atoms with E-state index in [2.05, 4.69) is 25.4 Å². The van der Waals surface area contributed by atoms with Gasteiger partial charge >= 0.3 is 11.9 Å². The summed E-state index contributed by atoms with van der Waals surface area (Å²) in [4.78, 5) is 24.8. The maximum atomic E-state index is 14.2. The lowest BCUT2D eigenvalue weighted by Gasteiger charge is -2.32. The Labute approximate surface area is 142 Å². The van der Waals surface area contributed by atoms with Crippen LogP contribution in [0, 0.1) is 17.5 Å². The molecule has 1 heterocycles. The third-order valence-electron chi connectivity index (χ3n) is 3.19. The second-order valence-electron chi connectivity index (χ2n) is 4.53. The van der Waals surface area contributed by atoms with Crippen molar-refractivity contribution in [1.29, 1.82) is 0 Å². The minimum atomic E-state index is -1.73. The van der Waals surface area contributed by atoms with Crippen LogP contribution in [0.25, 0.3) is 0 Å². The largest absolute Gasteiger partial charge is 0.466 e. The SMILES string of the molecule is COC(=O)C1=C(C(=O)OC)N(c2c(Br)cc(F)c(F)c2F)COC1. The summed E-state index contributed by atoms with van der Waals surface area (Å²) >= 11 is 2.91. The molecule has 0 aliphatic carbocycles. The van der Waals surface area contributed by atoms with Crippen molar-refractivity contribution in [3.63, 3.8) is 0 Å². The highest BCUT2D eigenvalue weighted by Gasteiger charge is 2.35. The molecule has 1 aromatic rings. The number of carbonyl (C=O) groups is 2. The molecular formula is C14H11BrF3NO5. The van der Waals surface area contributed by atoms with Gasteiger partial charge in [-0.05, 0) is 22.0 Å². The van der Waals surface area contributed by atoms with E-state index in [1.807, 2.05) is 0 Å². The predicted octanol–water partition coefficient (Wildman–Crippen LogP) is 2.26. The third-order valence-corrected chi connectivity index (χ3v) is 3.80. The number of rotatable bonds is 3. The zero-order valence-electron chi connectivity index (χ0n) is 12.5. The fourth-order valence-electron chi connectivity index (χ4n) is 2.12. The molecule has 0 amide bonds. The molecule has 1 aromatic carbocycles. The second kappa shape index (κ2) is 7.22. The third kappa shape index (κ3) is 3.11. The lowest BCUT2D eigenvalue weighted by molar-refractivity contribution is -0.140. The van der Waals surface area contributed by atoms with Gasteiger partial charge in [0.1, 0.15) is 12.4 Å². The van der Waals surface area contributed by atoms with Gasteiger partial charge in [0.05, 0.1) is 32.1 Å². The number of methoxy groups -OCH3 is 2. The number of hydrogen-bond acceptors (Lipinski definition) is 6. The van der Waals surface area contributed by atoms with E-state index in [1.54, 1.807) is 0 Å². The van der Waals surface area contributed by atoms with E-state index in [0.717, 1.165) is 19.1 Å². The van der Waals surface area contributed by atoms with Crippen LogP contribution in [0.4, 0.5) is 18.9 Å². The van der Waals surface area contributed by atoms with E-state index in [1.165, 1.54) is 0 Å². The molecule has 0 N–H and O–H groups in total. The molecule has 0 saturated carbocycles. The molecule has 1 aliphatic rings. The van der Waals surface area contributed by atoms with E-state index in [4.69, 9.17) is 4.74 Å². The highest BCUT2D eigenvalue weighted by Crippen LogP contribution is 2.36. The molecule has 10 heteroatoms. The Morgan fingerprint density at radius 3 is 2.38 bits per heavy atom. The fraction of sp³-hybridized carbons (Fsp3) is 0.286. The number of benzene rings is 1. The van der Waals surface area contributed by atoms with Crippen LogP contribution >= 0.6 is 15.9 Å². The van der Waals surface area contributed by atoms with Crippen molar-refractivity contribution in [2.24, 2.45) is 0 Å². The van der Waals surface area contributed by atoms with Gasteiger partial charge in [-0.3, -0.25) is 0 Å². The smallest absolute Gasteiger partial charge is 0.355 e. The lowest BCUT2D eigenvalue weighted by Crippen LogP contribution is -2.39. The number of carbonyl (C=O) groups excluding carboxylic acids is 2. The number of nitrogens with zero attached hydrogens (tertiary/aromatic N) is 1. The Bertz CT molecular complexity index is 738. The summed E-state index contributed by atoms with van der Waals surface area (Å²) in [7, 11) is 2.13. The monoisotopic (exact) mass is 409 g/mol. The number of hydrogen-bond donors (Lipinski definition) is 0. The number of esters is 2. The molecule has 0 atom stereocenters. The number of anilines is 1. The molecule has 6 nitrogen and oxygen atoms in total. The molecule has 0 fully saturated rings. The first kappa shape index (κ1) is 18.3. The minimum Gasteiger partial charge on any atom is -0.466 e. The molecule has 2 rings (SSSR count). The average Bonchev–Trinajstić information content (AvgIpc) is 2.58. The van der Waals surface area contributed by atoms with E-state index in [9.17, 15) is 22.8 Å². The summed E-state index contributed by atoms with van der Waals surface area (Å²) in [6.45, 7) is -0.692. The summed E-state index contributed by atoms with van der Waals surface area (Å²) in [5.41, 5.74) is -1.15. The normalized spacial score (nSPS) is 14.7. The topological polar surface area (TPSA) is 65.1 Å². The highest BCUT2D eigenvalue weighted by molar-refractivity contribution is 9.10. The van der Waals surface area contributed by atoms with E-state index >= 15 is 0 Å². The predicted molar refractivity (Wildman–Crippen MR) is 78.4 cm³/mol. The molecule has 0 bridgehead atoms. The first-order chi connectivity index (χ1) is 11.3. The van der Waals surface area contributed by atoms with Gasteiger partial charge in [-0.2, -0.15) is 0 Å². The van der Waals surface area contributed by atoms with Gasteiger partial charge in [0, 0.05) is 4.47 Å². The Hall–Kier alpha value is -2.07. The fourth-order valence-corrected chi connectivity index (χ4v) is 2.71. The molecule has 130 valence electrons. The quantitative estimate of drug-likeness (QED) is 0.433. The zero-order valence-corrected chi connectivity index (χ0v) is 14.1. The van der Waals surface area contributed by atoms with Crippen molar-refractivity contribution in [3.05, 3.63) is 39.3 Å². The van der Waals surface area contributed by atoms with Gasteiger partial charge in [0.25, 0.3) is 0 Å². The van der Waals surface area contributed by atoms with Crippen molar-refractivity contribution in [3.8, 4) is 0 Å². The van der Waals surface area contributed by atoms with Crippen LogP contribution in [0.5, 0.6) is 0 Å². The van der Waals surface area contributed by atoms with Crippen molar-refractivity contribution >= 4 is 33.6 Å². The summed E-state index contributed by atoms with van der Waals surface area (Å²) in [6, 6.07) is 0.690. The van der Waals surface area contributed by atoms with Crippen LogP contribution in [-0.4, -0.2) is 39.5 Å². The Morgan fingerprint density at radius 2 is 1.79 bits per heavy atom. The van der Waals surface area contributed by atoms with Crippen molar-refractivity contribution in [1.82, 2.24) is 0 Å². The van der Waals surface area contributed by atoms with Gasteiger partial charge in [-0.15, -0.1) is 0 Å². The number of ether oxygens (including phenoxy) is 3. The molecule has 0 spiro atoms. The number of halogens is 4. The van der Waals surface area contributed by atoms with E-state index in [0.29, 0.717) is 6.07 Å². The molecular weight excluding hydrogens is 399 g/mol. The summed E-state index contributed by atoms with van der Waals surface area (Å²) in [5.74, 6) is -6.60.